The highest BCUT2D eigenvalue weighted by Crippen LogP contribution is 2.24. The number of β-amino-alcohol motifs (C(OH)–C–C–N with tert-alkyl or cyclic N) is 1. The van der Waals surface area contributed by atoms with Gasteiger partial charge in [-0.05, 0) is 38.2 Å². The summed E-state index contributed by atoms with van der Waals surface area (Å²) in [7, 11) is 1.98. The number of likely N-dealkylation sites (N-methyl/N-ethyl adjacent to an activating group) is 1. The van der Waals surface area contributed by atoms with Crippen LogP contribution in [0.1, 0.15) is 16.2 Å². The number of aliphatic hydroxyl groups is 1. The van der Waals surface area contributed by atoms with Gasteiger partial charge in [-0.2, -0.15) is 0 Å². The van der Waals surface area contributed by atoms with Crippen molar-refractivity contribution in [2.24, 2.45) is 0 Å². The van der Waals surface area contributed by atoms with E-state index in [4.69, 9.17) is 0 Å². The number of para-hydroxylation sites is 2. The zero-order valence-corrected chi connectivity index (χ0v) is 18.0. The zero-order valence-electron chi connectivity index (χ0n) is 18.0. The van der Waals surface area contributed by atoms with Gasteiger partial charge in [-0.1, -0.05) is 30.3 Å². The first-order chi connectivity index (χ1) is 14.9. The molecule has 1 fully saturated rings. The Kier molecular flexibility index (Phi) is 6.06. The van der Waals surface area contributed by atoms with Gasteiger partial charge in [0.25, 0.3) is 5.91 Å². The second-order valence-electron chi connectivity index (χ2n) is 8.33. The van der Waals surface area contributed by atoms with Gasteiger partial charge in [-0.25, -0.2) is 4.98 Å². The summed E-state index contributed by atoms with van der Waals surface area (Å²) in [6.45, 7) is 4.30. The lowest BCUT2D eigenvalue weighted by atomic mass is 10.0. The van der Waals surface area contributed by atoms with E-state index in [0.717, 1.165) is 17.2 Å². The quantitative estimate of drug-likeness (QED) is 0.665. The Hall–Kier alpha value is -3.16. The first-order valence-electron chi connectivity index (χ1n) is 10.5. The number of aryl methyl sites for hydroxylation is 1. The van der Waals surface area contributed by atoms with E-state index in [1.807, 2.05) is 79.3 Å². The number of hydrogen-bond donors (Lipinski definition) is 2. The monoisotopic (exact) mass is 419 g/mol. The third kappa shape index (κ3) is 4.95. The van der Waals surface area contributed by atoms with Crippen molar-refractivity contribution in [3.8, 4) is 0 Å². The summed E-state index contributed by atoms with van der Waals surface area (Å²) in [6, 6.07) is 17.3. The van der Waals surface area contributed by atoms with E-state index in [1.165, 1.54) is 0 Å². The molecule has 0 unspecified atom stereocenters. The molecule has 2 N–H and O–H groups in total. The molecule has 7 heteroatoms. The third-order valence-corrected chi connectivity index (χ3v) is 5.69. The van der Waals surface area contributed by atoms with Crippen molar-refractivity contribution in [3.63, 3.8) is 0 Å². The number of aromatic nitrogens is 2. The second-order valence-corrected chi connectivity index (χ2v) is 8.33. The second kappa shape index (κ2) is 8.91. The van der Waals surface area contributed by atoms with Crippen LogP contribution in [-0.2, 0) is 6.54 Å². The van der Waals surface area contributed by atoms with Crippen LogP contribution in [0.25, 0.3) is 0 Å². The molecule has 2 heterocycles. The van der Waals surface area contributed by atoms with Crippen LogP contribution in [-0.4, -0.2) is 69.2 Å². The molecule has 1 aromatic heterocycles. The van der Waals surface area contributed by atoms with Gasteiger partial charge in [0.05, 0.1) is 24.3 Å². The van der Waals surface area contributed by atoms with Crippen molar-refractivity contribution >= 4 is 17.3 Å². The van der Waals surface area contributed by atoms with Gasteiger partial charge in [0.2, 0.25) is 0 Å². The molecule has 162 valence electrons. The summed E-state index contributed by atoms with van der Waals surface area (Å²) < 4.78 is 1.94. The molecule has 0 radical (unpaired) electrons. The topological polar surface area (TPSA) is 73.6 Å². The average Bonchev–Trinajstić information content (AvgIpc) is 3.08. The molecule has 0 spiro atoms. The number of rotatable bonds is 5. The molecule has 0 bridgehead atoms. The minimum atomic E-state index is -1.08. The maximum Gasteiger partial charge on any atom is 0.256 e. The molecule has 2 aromatic carbocycles. The third-order valence-electron chi connectivity index (χ3n) is 5.69. The summed E-state index contributed by atoms with van der Waals surface area (Å²) in [6.07, 6.45) is 3.59. The predicted octanol–water partition coefficient (Wildman–Crippen LogP) is 2.75. The van der Waals surface area contributed by atoms with E-state index < -0.39 is 5.60 Å². The van der Waals surface area contributed by atoms with E-state index in [9.17, 15) is 9.90 Å². The highest BCUT2D eigenvalue weighted by Gasteiger charge is 2.37. The van der Waals surface area contributed by atoms with Crippen LogP contribution in [0.2, 0.25) is 0 Å². The van der Waals surface area contributed by atoms with E-state index in [1.54, 1.807) is 11.1 Å². The fraction of sp³-hybridized carbons (Fsp3) is 0.333. The molecule has 3 aromatic rings. The number of nitrogens with zero attached hydrogens (tertiary/aromatic N) is 4. The predicted molar refractivity (Wildman–Crippen MR) is 121 cm³/mol. The SMILES string of the molecule is Cc1nccn1C[C@]1(O)CN(C)CCN(C(=O)c2ccccc2Nc2ccccc2)C1. The van der Waals surface area contributed by atoms with Crippen molar-refractivity contribution < 1.29 is 9.90 Å². The maximum atomic E-state index is 13.6. The molecule has 1 aliphatic heterocycles. The van der Waals surface area contributed by atoms with Gasteiger partial charge in [0, 0.05) is 37.7 Å². The Bertz CT molecular complexity index is 1040. The molecule has 31 heavy (non-hydrogen) atoms. The number of amides is 1. The summed E-state index contributed by atoms with van der Waals surface area (Å²) in [4.78, 5) is 21.7. The number of benzene rings is 2. The number of anilines is 2. The standard InChI is InChI=1S/C24H29N5O2/c1-19-25-12-13-28(19)17-24(31)16-27(2)14-15-29(18-24)23(30)21-10-6-7-11-22(21)26-20-8-4-3-5-9-20/h3-13,26,31H,14-18H2,1-2H3/t24-/m1/s1. The minimum Gasteiger partial charge on any atom is -0.385 e. The summed E-state index contributed by atoms with van der Waals surface area (Å²) >= 11 is 0. The van der Waals surface area contributed by atoms with Crippen LogP contribution in [0.5, 0.6) is 0 Å². The first kappa shape index (κ1) is 21.1. The number of hydrogen-bond acceptors (Lipinski definition) is 5. The fourth-order valence-electron chi connectivity index (χ4n) is 4.14. The van der Waals surface area contributed by atoms with Crippen molar-refractivity contribution in [1.29, 1.82) is 0 Å². The largest absolute Gasteiger partial charge is 0.385 e. The summed E-state index contributed by atoms with van der Waals surface area (Å²) in [5.41, 5.74) is 1.20. The molecule has 1 atom stereocenters. The fourth-order valence-corrected chi connectivity index (χ4v) is 4.14. The van der Waals surface area contributed by atoms with E-state index in [0.29, 0.717) is 31.7 Å². The highest BCUT2D eigenvalue weighted by atomic mass is 16.3. The lowest BCUT2D eigenvalue weighted by Crippen LogP contribution is -2.50. The number of imidazole rings is 1. The van der Waals surface area contributed by atoms with Gasteiger partial charge in [-0.15, -0.1) is 0 Å². The van der Waals surface area contributed by atoms with Crippen LogP contribution >= 0.6 is 0 Å². The molecular weight excluding hydrogens is 390 g/mol. The van der Waals surface area contributed by atoms with Gasteiger partial charge in [0.1, 0.15) is 11.4 Å². The number of nitrogens with one attached hydrogen (secondary N) is 1. The molecular formula is C24H29N5O2. The van der Waals surface area contributed by atoms with E-state index in [-0.39, 0.29) is 12.5 Å². The van der Waals surface area contributed by atoms with Crippen LogP contribution in [0, 0.1) is 6.92 Å². The Morgan fingerprint density at radius 1 is 1.10 bits per heavy atom. The van der Waals surface area contributed by atoms with Gasteiger partial charge < -0.3 is 24.8 Å². The normalized spacial score (nSPS) is 19.8. The van der Waals surface area contributed by atoms with Crippen LogP contribution < -0.4 is 5.32 Å². The van der Waals surface area contributed by atoms with Gasteiger partial charge >= 0.3 is 0 Å². The maximum absolute atomic E-state index is 13.6. The average molecular weight is 420 g/mol. The first-order valence-corrected chi connectivity index (χ1v) is 10.5. The van der Waals surface area contributed by atoms with Crippen molar-refractivity contribution in [3.05, 3.63) is 78.4 Å². The molecule has 7 nitrogen and oxygen atoms in total. The number of carbonyl (C=O) groups excluding carboxylic acids is 1. The lowest BCUT2D eigenvalue weighted by Gasteiger charge is -2.33. The van der Waals surface area contributed by atoms with Crippen molar-refractivity contribution in [1.82, 2.24) is 19.4 Å². The highest BCUT2D eigenvalue weighted by molar-refractivity contribution is 6.00. The number of carbonyl (C=O) groups is 1. The van der Waals surface area contributed by atoms with Gasteiger partial charge in [-0.3, -0.25) is 4.79 Å². The van der Waals surface area contributed by atoms with Crippen LogP contribution in [0.4, 0.5) is 11.4 Å². The summed E-state index contributed by atoms with van der Waals surface area (Å²) in [5.74, 6) is 0.755. The van der Waals surface area contributed by atoms with Crippen LogP contribution in [0.3, 0.4) is 0 Å². The van der Waals surface area contributed by atoms with Crippen molar-refractivity contribution in [2.45, 2.75) is 19.1 Å². The van der Waals surface area contributed by atoms with Crippen LogP contribution in [0.15, 0.2) is 67.0 Å². The summed E-state index contributed by atoms with van der Waals surface area (Å²) in [5, 5.41) is 14.8. The van der Waals surface area contributed by atoms with Crippen molar-refractivity contribution in [2.75, 3.05) is 38.5 Å². The Morgan fingerprint density at radius 3 is 2.58 bits per heavy atom. The Labute approximate surface area is 182 Å². The van der Waals surface area contributed by atoms with E-state index >= 15 is 0 Å². The molecule has 0 saturated carbocycles. The molecule has 1 saturated heterocycles. The van der Waals surface area contributed by atoms with E-state index in [2.05, 4.69) is 15.2 Å². The zero-order chi connectivity index (χ0) is 21.8. The Morgan fingerprint density at radius 2 is 1.84 bits per heavy atom. The smallest absolute Gasteiger partial charge is 0.256 e. The minimum absolute atomic E-state index is 0.0879. The Balaban J connectivity index is 1.58. The molecule has 1 aliphatic rings. The molecule has 1 amide bonds. The molecule has 0 aliphatic carbocycles. The van der Waals surface area contributed by atoms with Gasteiger partial charge in [0.15, 0.2) is 0 Å². The molecule has 4 rings (SSSR count). The lowest BCUT2D eigenvalue weighted by molar-refractivity contribution is -0.0116.